The Balaban J connectivity index is 1.46. The maximum Gasteiger partial charge on any atom is 0.224 e. The first-order chi connectivity index (χ1) is 15.7. The van der Waals surface area contributed by atoms with Crippen LogP contribution >= 0.6 is 11.6 Å². The van der Waals surface area contributed by atoms with Crippen molar-refractivity contribution in [3.05, 3.63) is 29.5 Å². The molecule has 9 heteroatoms. The number of aliphatic imine (C=N–C) groups is 2. The molecule has 170 valence electrons. The van der Waals surface area contributed by atoms with Crippen LogP contribution in [-0.2, 0) is 4.74 Å². The highest BCUT2D eigenvalue weighted by molar-refractivity contribution is 6.29. The lowest BCUT2D eigenvalue weighted by Crippen LogP contribution is -2.36. The third kappa shape index (κ3) is 5.55. The number of ether oxygens (including phenoxy) is 2. The number of benzene rings is 1. The van der Waals surface area contributed by atoms with Crippen molar-refractivity contribution in [1.29, 1.82) is 0 Å². The highest BCUT2D eigenvalue weighted by Crippen LogP contribution is 2.43. The van der Waals surface area contributed by atoms with Crippen LogP contribution in [0.3, 0.4) is 0 Å². The van der Waals surface area contributed by atoms with E-state index in [9.17, 15) is 0 Å². The lowest BCUT2D eigenvalue weighted by Gasteiger charge is -2.32. The van der Waals surface area contributed by atoms with E-state index in [-0.39, 0.29) is 6.10 Å². The number of halogens is 1. The normalized spacial score (nSPS) is 21.5. The van der Waals surface area contributed by atoms with Crippen molar-refractivity contribution >= 4 is 47.5 Å². The molecule has 0 unspecified atom stereocenters. The zero-order valence-corrected chi connectivity index (χ0v) is 19.1. The minimum atomic E-state index is 0.104. The third-order valence-electron chi connectivity index (χ3n) is 5.76. The van der Waals surface area contributed by atoms with Gasteiger partial charge in [-0.3, -0.25) is 9.98 Å². The number of anilines is 2. The molecular formula is C23H29ClN6O2. The van der Waals surface area contributed by atoms with Gasteiger partial charge in [0.25, 0.3) is 0 Å². The number of aromatic nitrogens is 2. The van der Waals surface area contributed by atoms with Gasteiger partial charge in [-0.2, -0.15) is 0 Å². The number of nitrogens with zero attached hydrogens (tertiary/aromatic N) is 5. The second-order valence-electron chi connectivity index (χ2n) is 7.90. The van der Waals surface area contributed by atoms with Crippen LogP contribution in [0.1, 0.15) is 32.6 Å². The summed E-state index contributed by atoms with van der Waals surface area (Å²) in [6, 6.07) is 6.08. The fourth-order valence-corrected chi connectivity index (χ4v) is 4.30. The van der Waals surface area contributed by atoms with Crippen LogP contribution in [0.5, 0.6) is 5.75 Å². The van der Waals surface area contributed by atoms with E-state index >= 15 is 0 Å². The lowest BCUT2D eigenvalue weighted by molar-refractivity contribution is 0.122. The Labute approximate surface area is 193 Å². The molecule has 1 aliphatic carbocycles. The van der Waals surface area contributed by atoms with Gasteiger partial charge in [0.1, 0.15) is 16.6 Å². The predicted octanol–water partition coefficient (Wildman–Crippen LogP) is 4.82. The Kier molecular flexibility index (Phi) is 7.55. The van der Waals surface area contributed by atoms with Gasteiger partial charge in [0.15, 0.2) is 0 Å². The van der Waals surface area contributed by atoms with E-state index in [1.807, 2.05) is 13.0 Å². The van der Waals surface area contributed by atoms with E-state index < -0.39 is 0 Å². The summed E-state index contributed by atoms with van der Waals surface area (Å²) in [5.41, 5.74) is 2.53. The standard InChI is InChI=1S/C23H29ClN6O2/c1-3-26-19-14-17(30-10-12-31-13-11-30)15-20(22(19)25-2)32-18-6-4-16(5-7-18)28-23-27-9-8-21(24)29-23/h3,8-9,14-16,18H,2,4-7,10-13H2,1H3,(H,27,28,29). The van der Waals surface area contributed by atoms with Crippen LogP contribution in [-0.4, -0.2) is 61.3 Å². The molecule has 32 heavy (non-hydrogen) atoms. The molecule has 2 aromatic rings. The molecule has 2 aliphatic rings. The Morgan fingerprint density at radius 2 is 2.03 bits per heavy atom. The third-order valence-corrected chi connectivity index (χ3v) is 5.98. The van der Waals surface area contributed by atoms with Gasteiger partial charge in [-0.1, -0.05) is 11.6 Å². The molecule has 0 amide bonds. The van der Waals surface area contributed by atoms with Crippen LogP contribution in [0.2, 0.25) is 5.15 Å². The first kappa shape index (κ1) is 22.5. The second-order valence-corrected chi connectivity index (χ2v) is 8.28. The fraction of sp³-hybridized carbons (Fsp3) is 0.478. The van der Waals surface area contributed by atoms with Crippen molar-refractivity contribution in [3.8, 4) is 5.75 Å². The summed E-state index contributed by atoms with van der Waals surface area (Å²) < 4.78 is 12.0. The highest BCUT2D eigenvalue weighted by Gasteiger charge is 2.25. The fourth-order valence-electron chi connectivity index (χ4n) is 4.16. The smallest absolute Gasteiger partial charge is 0.224 e. The Morgan fingerprint density at radius 3 is 2.72 bits per heavy atom. The summed E-state index contributed by atoms with van der Waals surface area (Å²) >= 11 is 5.96. The topological polar surface area (TPSA) is 84.2 Å². The van der Waals surface area contributed by atoms with Gasteiger partial charge in [-0.25, -0.2) is 9.97 Å². The maximum absolute atomic E-state index is 6.47. The van der Waals surface area contributed by atoms with Crippen molar-refractivity contribution in [2.24, 2.45) is 9.98 Å². The number of nitrogens with one attached hydrogen (secondary N) is 1. The molecule has 1 saturated carbocycles. The van der Waals surface area contributed by atoms with Crippen molar-refractivity contribution in [1.82, 2.24) is 9.97 Å². The van der Waals surface area contributed by atoms with Gasteiger partial charge in [0.2, 0.25) is 5.95 Å². The predicted molar refractivity (Wildman–Crippen MR) is 130 cm³/mol. The van der Waals surface area contributed by atoms with Crippen molar-refractivity contribution in [2.75, 3.05) is 36.5 Å². The summed E-state index contributed by atoms with van der Waals surface area (Å²) in [6.45, 7) is 8.79. The van der Waals surface area contributed by atoms with Gasteiger partial charge in [0.05, 0.1) is 25.0 Å². The molecule has 2 fully saturated rings. The molecule has 0 spiro atoms. The average Bonchev–Trinajstić information content (AvgIpc) is 2.81. The second kappa shape index (κ2) is 10.7. The average molecular weight is 457 g/mol. The van der Waals surface area contributed by atoms with Crippen LogP contribution in [0.15, 0.2) is 34.4 Å². The molecule has 1 saturated heterocycles. The van der Waals surface area contributed by atoms with E-state index in [4.69, 9.17) is 21.1 Å². The lowest BCUT2D eigenvalue weighted by atomic mass is 9.93. The summed E-state index contributed by atoms with van der Waals surface area (Å²) in [7, 11) is 0. The Bertz CT molecular complexity index is 955. The minimum absolute atomic E-state index is 0.104. The summed E-state index contributed by atoms with van der Waals surface area (Å²) in [4.78, 5) is 19.5. The van der Waals surface area contributed by atoms with Crippen LogP contribution < -0.4 is 15.0 Å². The number of hydrogen-bond donors (Lipinski definition) is 1. The number of morpholine rings is 1. The van der Waals surface area contributed by atoms with Gasteiger partial charge in [-0.15, -0.1) is 0 Å². The quantitative estimate of drug-likeness (QED) is 0.474. The van der Waals surface area contributed by atoms with Gasteiger partial charge < -0.3 is 19.7 Å². The monoisotopic (exact) mass is 456 g/mol. The molecule has 0 bridgehead atoms. The van der Waals surface area contributed by atoms with E-state index in [2.05, 4.69) is 43.0 Å². The maximum atomic E-state index is 6.47. The summed E-state index contributed by atoms with van der Waals surface area (Å²) in [5, 5.41) is 3.82. The molecule has 1 aromatic heterocycles. The molecule has 0 atom stereocenters. The summed E-state index contributed by atoms with van der Waals surface area (Å²) in [5.74, 6) is 1.31. The first-order valence-electron chi connectivity index (χ1n) is 11.0. The van der Waals surface area contributed by atoms with Crippen LogP contribution in [0, 0.1) is 0 Å². The van der Waals surface area contributed by atoms with Gasteiger partial charge in [0, 0.05) is 43.3 Å². The van der Waals surface area contributed by atoms with E-state index in [1.54, 1.807) is 18.5 Å². The van der Waals surface area contributed by atoms with Crippen molar-refractivity contribution in [2.45, 2.75) is 44.8 Å². The molecule has 1 aliphatic heterocycles. The van der Waals surface area contributed by atoms with Crippen molar-refractivity contribution < 1.29 is 9.47 Å². The molecule has 1 aromatic carbocycles. The molecule has 0 radical (unpaired) electrons. The van der Waals surface area contributed by atoms with E-state index in [0.29, 0.717) is 22.8 Å². The molecule has 2 heterocycles. The van der Waals surface area contributed by atoms with Gasteiger partial charge >= 0.3 is 0 Å². The largest absolute Gasteiger partial charge is 0.488 e. The van der Waals surface area contributed by atoms with E-state index in [1.165, 1.54) is 0 Å². The summed E-state index contributed by atoms with van der Waals surface area (Å²) in [6.07, 6.45) is 7.29. The zero-order valence-electron chi connectivity index (χ0n) is 18.3. The van der Waals surface area contributed by atoms with Crippen LogP contribution in [0.4, 0.5) is 23.0 Å². The molecule has 1 N–H and O–H groups in total. The van der Waals surface area contributed by atoms with E-state index in [0.717, 1.165) is 69.1 Å². The minimum Gasteiger partial charge on any atom is -0.488 e. The SMILES string of the molecule is C=Nc1c(N=CC)cc(N2CCOCC2)cc1OC1CCC(Nc2nccc(Cl)n2)CC1. The number of hydrogen-bond acceptors (Lipinski definition) is 8. The Morgan fingerprint density at radius 1 is 1.25 bits per heavy atom. The highest BCUT2D eigenvalue weighted by atomic mass is 35.5. The van der Waals surface area contributed by atoms with Crippen molar-refractivity contribution in [3.63, 3.8) is 0 Å². The Hall–Kier alpha value is -2.71. The number of rotatable bonds is 7. The zero-order chi connectivity index (χ0) is 22.3. The molecule has 8 nitrogen and oxygen atoms in total. The van der Waals surface area contributed by atoms with Gasteiger partial charge in [-0.05, 0) is 51.5 Å². The van der Waals surface area contributed by atoms with Crippen LogP contribution in [0.25, 0.3) is 0 Å². The molecular weight excluding hydrogens is 428 g/mol. The molecule has 4 rings (SSSR count). The first-order valence-corrected chi connectivity index (χ1v) is 11.4.